The molecule has 0 radical (unpaired) electrons. The van der Waals surface area contributed by atoms with Crippen LogP contribution in [0.15, 0.2) is 24.3 Å². The van der Waals surface area contributed by atoms with E-state index in [2.05, 4.69) is 5.32 Å². The van der Waals surface area contributed by atoms with Gasteiger partial charge in [-0.3, -0.25) is 9.59 Å². The standard InChI is InChI=1S/C20H29N3O4/c1-4-13(2)17(22-20(21)26)19(25)23-11-9-15(10-12-23)18(24)14-5-7-16(27-3)8-6-14/h5-8,13,15,17H,4,9-12H2,1-3H3,(H3,21,22,26)/t13-,17-/m0/s1. The highest BCUT2D eigenvalue weighted by Gasteiger charge is 2.33. The molecule has 2 atom stereocenters. The Hall–Kier alpha value is -2.57. The third-order valence-corrected chi connectivity index (χ3v) is 5.33. The lowest BCUT2D eigenvalue weighted by atomic mass is 9.88. The largest absolute Gasteiger partial charge is 0.497 e. The van der Waals surface area contributed by atoms with E-state index in [9.17, 15) is 14.4 Å². The molecule has 0 spiro atoms. The Labute approximate surface area is 160 Å². The lowest BCUT2D eigenvalue weighted by Gasteiger charge is -2.35. The van der Waals surface area contributed by atoms with Crippen molar-refractivity contribution < 1.29 is 19.1 Å². The van der Waals surface area contributed by atoms with Gasteiger partial charge in [-0.25, -0.2) is 4.79 Å². The fourth-order valence-corrected chi connectivity index (χ4v) is 3.39. The summed E-state index contributed by atoms with van der Waals surface area (Å²) in [5.74, 6) is 0.569. The molecule has 1 heterocycles. The Morgan fingerprint density at radius 3 is 2.30 bits per heavy atom. The van der Waals surface area contributed by atoms with Crippen molar-refractivity contribution in [1.82, 2.24) is 10.2 Å². The van der Waals surface area contributed by atoms with Crippen molar-refractivity contribution in [2.24, 2.45) is 17.6 Å². The van der Waals surface area contributed by atoms with Crippen molar-refractivity contribution in [1.29, 1.82) is 0 Å². The van der Waals surface area contributed by atoms with Gasteiger partial charge in [0.2, 0.25) is 5.91 Å². The summed E-state index contributed by atoms with van der Waals surface area (Å²) in [4.78, 5) is 38.5. The van der Waals surface area contributed by atoms with E-state index in [1.54, 1.807) is 36.3 Å². The number of carbonyl (C=O) groups excluding carboxylic acids is 3. The number of urea groups is 1. The molecule has 27 heavy (non-hydrogen) atoms. The van der Waals surface area contributed by atoms with Crippen molar-refractivity contribution in [3.05, 3.63) is 29.8 Å². The maximum Gasteiger partial charge on any atom is 0.312 e. The molecule has 1 aromatic carbocycles. The molecule has 0 saturated carbocycles. The number of likely N-dealkylation sites (tertiary alicyclic amines) is 1. The quantitative estimate of drug-likeness (QED) is 0.713. The summed E-state index contributed by atoms with van der Waals surface area (Å²) in [6, 6.07) is 5.78. The third-order valence-electron chi connectivity index (χ3n) is 5.33. The zero-order chi connectivity index (χ0) is 20.0. The summed E-state index contributed by atoms with van der Waals surface area (Å²) in [5, 5.41) is 2.57. The van der Waals surface area contributed by atoms with Gasteiger partial charge in [-0.05, 0) is 43.0 Å². The van der Waals surface area contributed by atoms with Crippen LogP contribution in [0.1, 0.15) is 43.5 Å². The second kappa shape index (κ2) is 9.39. The first kappa shape index (κ1) is 20.7. The Balaban J connectivity index is 1.97. The molecule has 0 aromatic heterocycles. The van der Waals surface area contributed by atoms with Crippen molar-refractivity contribution in [3.63, 3.8) is 0 Å². The van der Waals surface area contributed by atoms with Gasteiger partial charge >= 0.3 is 6.03 Å². The number of amides is 3. The highest BCUT2D eigenvalue weighted by atomic mass is 16.5. The molecule has 0 unspecified atom stereocenters. The van der Waals surface area contributed by atoms with Gasteiger partial charge in [0.25, 0.3) is 0 Å². The summed E-state index contributed by atoms with van der Waals surface area (Å²) in [6.07, 6.45) is 1.98. The van der Waals surface area contributed by atoms with Crippen LogP contribution >= 0.6 is 0 Å². The molecule has 1 aliphatic heterocycles. The van der Waals surface area contributed by atoms with Gasteiger partial charge in [-0.15, -0.1) is 0 Å². The summed E-state index contributed by atoms with van der Waals surface area (Å²) in [6.45, 7) is 4.88. The average Bonchev–Trinajstić information content (AvgIpc) is 2.70. The van der Waals surface area contributed by atoms with Gasteiger partial charge < -0.3 is 20.7 Å². The summed E-state index contributed by atoms with van der Waals surface area (Å²) in [5.41, 5.74) is 5.89. The van der Waals surface area contributed by atoms with Gasteiger partial charge in [0, 0.05) is 24.6 Å². The minimum atomic E-state index is -0.696. The predicted molar refractivity (Wildman–Crippen MR) is 103 cm³/mol. The number of piperidine rings is 1. The van der Waals surface area contributed by atoms with Gasteiger partial charge in [0.15, 0.2) is 5.78 Å². The molecule has 0 bridgehead atoms. The molecule has 3 N–H and O–H groups in total. The molecule has 1 aliphatic rings. The maximum absolute atomic E-state index is 12.8. The molecule has 1 aromatic rings. The number of hydrogen-bond donors (Lipinski definition) is 2. The zero-order valence-electron chi connectivity index (χ0n) is 16.2. The van der Waals surface area contributed by atoms with E-state index in [1.807, 2.05) is 13.8 Å². The number of hydrogen-bond acceptors (Lipinski definition) is 4. The number of nitrogens with two attached hydrogens (primary N) is 1. The highest BCUT2D eigenvalue weighted by Crippen LogP contribution is 2.24. The van der Waals surface area contributed by atoms with Crippen LogP contribution in [0.25, 0.3) is 0 Å². The third kappa shape index (κ3) is 5.21. The van der Waals surface area contributed by atoms with Crippen LogP contribution in [0.3, 0.4) is 0 Å². The van der Waals surface area contributed by atoms with E-state index in [0.717, 1.165) is 6.42 Å². The van der Waals surface area contributed by atoms with Crippen LogP contribution in [-0.4, -0.2) is 48.9 Å². The fourth-order valence-electron chi connectivity index (χ4n) is 3.39. The molecular formula is C20H29N3O4. The van der Waals surface area contributed by atoms with E-state index in [0.29, 0.717) is 37.2 Å². The van der Waals surface area contributed by atoms with Crippen molar-refractivity contribution in [2.45, 2.75) is 39.2 Å². The van der Waals surface area contributed by atoms with Crippen LogP contribution in [0, 0.1) is 11.8 Å². The number of benzene rings is 1. The van der Waals surface area contributed by atoms with Crippen LogP contribution in [0.2, 0.25) is 0 Å². The van der Waals surface area contributed by atoms with E-state index < -0.39 is 12.1 Å². The van der Waals surface area contributed by atoms with Crippen molar-refractivity contribution in [3.8, 4) is 5.75 Å². The minimum absolute atomic E-state index is 0.0105. The van der Waals surface area contributed by atoms with Crippen molar-refractivity contribution >= 4 is 17.7 Å². The predicted octanol–water partition coefficient (Wildman–Crippen LogP) is 2.20. The lowest BCUT2D eigenvalue weighted by Crippen LogP contribution is -2.54. The molecule has 1 saturated heterocycles. The van der Waals surface area contributed by atoms with E-state index in [-0.39, 0.29) is 23.5 Å². The van der Waals surface area contributed by atoms with Crippen LogP contribution in [0.4, 0.5) is 4.79 Å². The summed E-state index contributed by atoms with van der Waals surface area (Å²) < 4.78 is 5.12. The number of rotatable bonds is 7. The smallest absolute Gasteiger partial charge is 0.312 e. The van der Waals surface area contributed by atoms with Gasteiger partial charge in [-0.2, -0.15) is 0 Å². The lowest BCUT2D eigenvalue weighted by molar-refractivity contribution is -0.135. The number of ether oxygens (including phenoxy) is 1. The Kier molecular flexibility index (Phi) is 7.21. The summed E-state index contributed by atoms with van der Waals surface area (Å²) in [7, 11) is 1.59. The Morgan fingerprint density at radius 2 is 1.81 bits per heavy atom. The first-order valence-electron chi connectivity index (χ1n) is 9.40. The topological polar surface area (TPSA) is 102 Å². The van der Waals surface area contributed by atoms with Gasteiger partial charge in [0.05, 0.1) is 7.11 Å². The average molecular weight is 375 g/mol. The van der Waals surface area contributed by atoms with E-state index in [4.69, 9.17) is 10.5 Å². The van der Waals surface area contributed by atoms with Crippen LogP contribution < -0.4 is 15.8 Å². The highest BCUT2D eigenvalue weighted by molar-refractivity contribution is 5.98. The van der Waals surface area contributed by atoms with E-state index in [1.165, 1.54) is 0 Å². The number of methoxy groups -OCH3 is 1. The normalized spacial score (nSPS) is 17.1. The van der Waals surface area contributed by atoms with E-state index >= 15 is 0 Å². The number of ketones is 1. The van der Waals surface area contributed by atoms with Gasteiger partial charge in [-0.1, -0.05) is 20.3 Å². The molecule has 1 fully saturated rings. The van der Waals surface area contributed by atoms with Crippen molar-refractivity contribution in [2.75, 3.05) is 20.2 Å². The summed E-state index contributed by atoms with van der Waals surface area (Å²) >= 11 is 0. The maximum atomic E-state index is 12.8. The monoisotopic (exact) mass is 375 g/mol. The van der Waals surface area contributed by atoms with Crippen LogP contribution in [0.5, 0.6) is 5.75 Å². The molecule has 7 heteroatoms. The Morgan fingerprint density at radius 1 is 1.22 bits per heavy atom. The van der Waals surface area contributed by atoms with Gasteiger partial charge in [0.1, 0.15) is 11.8 Å². The number of nitrogens with one attached hydrogen (secondary N) is 1. The SMILES string of the molecule is CC[C@H](C)[C@H](NC(N)=O)C(=O)N1CCC(C(=O)c2ccc(OC)cc2)CC1. The second-order valence-corrected chi connectivity index (χ2v) is 7.06. The van der Waals surface area contributed by atoms with Crippen LogP contribution in [-0.2, 0) is 4.79 Å². The number of Topliss-reactive ketones (excluding diaryl/α,β-unsaturated/α-hetero) is 1. The molecule has 3 amide bonds. The molecule has 7 nitrogen and oxygen atoms in total. The zero-order valence-corrected chi connectivity index (χ0v) is 16.2. The molecule has 2 rings (SSSR count). The first-order valence-corrected chi connectivity index (χ1v) is 9.40. The number of primary amides is 1. The fraction of sp³-hybridized carbons (Fsp3) is 0.550. The minimum Gasteiger partial charge on any atom is -0.497 e. The first-order chi connectivity index (χ1) is 12.9. The molecule has 148 valence electrons. The molecular weight excluding hydrogens is 346 g/mol. The second-order valence-electron chi connectivity index (χ2n) is 7.06. The number of carbonyl (C=O) groups is 3. The number of nitrogens with zero attached hydrogens (tertiary/aromatic N) is 1. The Bertz CT molecular complexity index is 666. The molecule has 0 aliphatic carbocycles.